The lowest BCUT2D eigenvalue weighted by atomic mass is 9.73. The topological polar surface area (TPSA) is 30.9 Å². The summed E-state index contributed by atoms with van der Waals surface area (Å²) in [5.74, 6) is 3.94. The molecule has 3 atom stereocenters. The second kappa shape index (κ2) is 10.8. The maximum atomic E-state index is 5.81. The molecule has 0 aromatic heterocycles. The van der Waals surface area contributed by atoms with Gasteiger partial charge in [-0.15, -0.1) is 0 Å². The number of ether oxygens (including phenoxy) is 3. The molecule has 1 fully saturated rings. The lowest BCUT2D eigenvalue weighted by Gasteiger charge is -2.42. The summed E-state index contributed by atoms with van der Waals surface area (Å²) in [6.07, 6.45) is 4.06. The Morgan fingerprint density at radius 3 is 2.50 bits per heavy atom. The standard InChI is InChI=1S/C22H37NO3/c1-17(2)19-11-10-18(3)16-20(19)23(4)12-13-25-14-15-26-22-9-7-6-8-21(22)24-5/h6-9,17-20H,10-16H2,1-5H3. The molecular weight excluding hydrogens is 326 g/mol. The van der Waals surface area contributed by atoms with Crippen molar-refractivity contribution in [2.24, 2.45) is 17.8 Å². The Kier molecular flexibility index (Phi) is 8.73. The van der Waals surface area contributed by atoms with Crippen molar-refractivity contribution < 1.29 is 14.2 Å². The highest BCUT2D eigenvalue weighted by molar-refractivity contribution is 5.39. The van der Waals surface area contributed by atoms with Crippen LogP contribution in [0.3, 0.4) is 0 Å². The van der Waals surface area contributed by atoms with Gasteiger partial charge in [-0.1, -0.05) is 39.3 Å². The van der Waals surface area contributed by atoms with Gasteiger partial charge in [0.25, 0.3) is 0 Å². The molecule has 1 aromatic rings. The van der Waals surface area contributed by atoms with Crippen LogP contribution < -0.4 is 9.47 Å². The molecule has 1 saturated carbocycles. The molecule has 1 aliphatic rings. The highest BCUT2D eigenvalue weighted by Crippen LogP contribution is 2.35. The van der Waals surface area contributed by atoms with Crippen LogP contribution in [0.1, 0.15) is 40.0 Å². The van der Waals surface area contributed by atoms with E-state index in [9.17, 15) is 0 Å². The molecule has 148 valence electrons. The Balaban J connectivity index is 1.67. The van der Waals surface area contributed by atoms with Crippen LogP contribution in [-0.4, -0.2) is 51.5 Å². The van der Waals surface area contributed by atoms with Crippen molar-refractivity contribution >= 4 is 0 Å². The van der Waals surface area contributed by atoms with E-state index in [1.165, 1.54) is 19.3 Å². The van der Waals surface area contributed by atoms with Gasteiger partial charge in [0.15, 0.2) is 11.5 Å². The van der Waals surface area contributed by atoms with Gasteiger partial charge in [0, 0.05) is 12.6 Å². The third kappa shape index (κ3) is 6.17. The molecule has 0 amide bonds. The summed E-state index contributed by atoms with van der Waals surface area (Å²) >= 11 is 0. The van der Waals surface area contributed by atoms with E-state index in [2.05, 4.69) is 32.7 Å². The molecular formula is C22H37NO3. The fourth-order valence-electron chi connectivity index (χ4n) is 4.08. The Bertz CT molecular complexity index is 520. The zero-order chi connectivity index (χ0) is 18.9. The second-order valence-electron chi connectivity index (χ2n) is 7.99. The number of likely N-dealkylation sites (N-methyl/N-ethyl adjacent to an activating group) is 1. The number of benzene rings is 1. The Labute approximate surface area is 159 Å². The number of methoxy groups -OCH3 is 1. The lowest BCUT2D eigenvalue weighted by Crippen LogP contribution is -2.45. The van der Waals surface area contributed by atoms with Crippen molar-refractivity contribution in [3.8, 4) is 11.5 Å². The van der Waals surface area contributed by atoms with Gasteiger partial charge >= 0.3 is 0 Å². The molecule has 0 spiro atoms. The first-order valence-electron chi connectivity index (χ1n) is 10.1. The molecule has 3 unspecified atom stereocenters. The SMILES string of the molecule is COc1ccccc1OCCOCCN(C)C1CC(C)CCC1C(C)C. The number of hydrogen-bond donors (Lipinski definition) is 0. The molecule has 4 nitrogen and oxygen atoms in total. The maximum absolute atomic E-state index is 5.81. The van der Waals surface area contributed by atoms with Gasteiger partial charge in [0.05, 0.1) is 20.3 Å². The van der Waals surface area contributed by atoms with Crippen LogP contribution in [-0.2, 0) is 4.74 Å². The summed E-state index contributed by atoms with van der Waals surface area (Å²) in [4.78, 5) is 2.52. The minimum Gasteiger partial charge on any atom is -0.493 e. The van der Waals surface area contributed by atoms with Crippen molar-refractivity contribution in [2.45, 2.75) is 46.1 Å². The van der Waals surface area contributed by atoms with E-state index in [1.807, 2.05) is 24.3 Å². The van der Waals surface area contributed by atoms with E-state index in [4.69, 9.17) is 14.2 Å². The fraction of sp³-hybridized carbons (Fsp3) is 0.727. The molecule has 0 radical (unpaired) electrons. The number of rotatable bonds is 10. The largest absolute Gasteiger partial charge is 0.493 e. The predicted octanol–water partition coefficient (Wildman–Crippen LogP) is 4.48. The number of hydrogen-bond acceptors (Lipinski definition) is 4. The summed E-state index contributed by atoms with van der Waals surface area (Å²) in [6, 6.07) is 8.40. The quantitative estimate of drug-likeness (QED) is 0.573. The molecule has 26 heavy (non-hydrogen) atoms. The molecule has 1 aliphatic carbocycles. The van der Waals surface area contributed by atoms with Crippen LogP contribution >= 0.6 is 0 Å². The van der Waals surface area contributed by atoms with Crippen LogP contribution in [0.25, 0.3) is 0 Å². The third-order valence-electron chi connectivity index (χ3n) is 5.70. The second-order valence-corrected chi connectivity index (χ2v) is 7.99. The van der Waals surface area contributed by atoms with Crippen LogP contribution in [0.15, 0.2) is 24.3 Å². The Hall–Kier alpha value is -1.26. The summed E-state index contributed by atoms with van der Waals surface area (Å²) in [6.45, 7) is 10.00. The minimum atomic E-state index is 0.541. The smallest absolute Gasteiger partial charge is 0.161 e. The molecule has 4 heteroatoms. The zero-order valence-electron chi connectivity index (χ0n) is 17.2. The summed E-state index contributed by atoms with van der Waals surface area (Å²) < 4.78 is 16.8. The van der Waals surface area contributed by atoms with Gasteiger partial charge in [-0.2, -0.15) is 0 Å². The average molecular weight is 364 g/mol. The molecule has 0 saturated heterocycles. The van der Waals surface area contributed by atoms with Crippen molar-refractivity contribution in [3.63, 3.8) is 0 Å². The van der Waals surface area contributed by atoms with E-state index in [0.717, 1.165) is 42.4 Å². The first-order valence-corrected chi connectivity index (χ1v) is 10.1. The normalized spacial score (nSPS) is 23.4. The van der Waals surface area contributed by atoms with Gasteiger partial charge in [0.1, 0.15) is 6.61 Å². The summed E-state index contributed by atoms with van der Waals surface area (Å²) in [5.41, 5.74) is 0. The Morgan fingerprint density at radius 2 is 1.81 bits per heavy atom. The third-order valence-corrected chi connectivity index (χ3v) is 5.70. The summed E-state index contributed by atoms with van der Waals surface area (Å²) in [7, 11) is 3.91. The van der Waals surface area contributed by atoms with E-state index >= 15 is 0 Å². The monoisotopic (exact) mass is 363 g/mol. The average Bonchev–Trinajstić information content (AvgIpc) is 2.64. The zero-order valence-corrected chi connectivity index (χ0v) is 17.2. The lowest BCUT2D eigenvalue weighted by molar-refractivity contribution is 0.0389. The van der Waals surface area contributed by atoms with Gasteiger partial charge in [-0.05, 0) is 49.8 Å². The fourth-order valence-corrected chi connectivity index (χ4v) is 4.08. The molecule has 0 N–H and O–H groups in total. The van der Waals surface area contributed by atoms with Crippen molar-refractivity contribution in [3.05, 3.63) is 24.3 Å². The van der Waals surface area contributed by atoms with Crippen molar-refractivity contribution in [1.29, 1.82) is 0 Å². The molecule has 1 aromatic carbocycles. The predicted molar refractivity (Wildman–Crippen MR) is 107 cm³/mol. The minimum absolute atomic E-state index is 0.541. The molecule has 0 aliphatic heterocycles. The first kappa shape index (κ1) is 21.0. The number of para-hydroxylation sites is 2. The van der Waals surface area contributed by atoms with Crippen molar-refractivity contribution in [2.75, 3.05) is 40.5 Å². The summed E-state index contributed by atoms with van der Waals surface area (Å²) in [5, 5.41) is 0. The first-order chi connectivity index (χ1) is 12.5. The Morgan fingerprint density at radius 1 is 1.08 bits per heavy atom. The highest BCUT2D eigenvalue weighted by atomic mass is 16.5. The van der Waals surface area contributed by atoms with E-state index in [0.29, 0.717) is 19.3 Å². The van der Waals surface area contributed by atoms with E-state index in [1.54, 1.807) is 7.11 Å². The van der Waals surface area contributed by atoms with Crippen LogP contribution in [0, 0.1) is 17.8 Å². The van der Waals surface area contributed by atoms with Gasteiger partial charge < -0.3 is 19.1 Å². The van der Waals surface area contributed by atoms with E-state index < -0.39 is 0 Å². The number of nitrogens with zero attached hydrogens (tertiary/aromatic N) is 1. The molecule has 2 rings (SSSR count). The van der Waals surface area contributed by atoms with Gasteiger partial charge in [0.2, 0.25) is 0 Å². The van der Waals surface area contributed by atoms with Crippen LogP contribution in [0.5, 0.6) is 11.5 Å². The van der Waals surface area contributed by atoms with Gasteiger partial charge in [-0.25, -0.2) is 0 Å². The highest BCUT2D eigenvalue weighted by Gasteiger charge is 2.32. The van der Waals surface area contributed by atoms with Crippen molar-refractivity contribution in [1.82, 2.24) is 4.90 Å². The molecule has 0 heterocycles. The molecule has 0 bridgehead atoms. The van der Waals surface area contributed by atoms with Crippen LogP contribution in [0.2, 0.25) is 0 Å². The van der Waals surface area contributed by atoms with E-state index in [-0.39, 0.29) is 0 Å². The maximum Gasteiger partial charge on any atom is 0.161 e. The van der Waals surface area contributed by atoms with Gasteiger partial charge in [-0.3, -0.25) is 0 Å². The van der Waals surface area contributed by atoms with Crippen LogP contribution in [0.4, 0.5) is 0 Å².